The van der Waals surface area contributed by atoms with E-state index in [1.165, 1.54) is 12.1 Å². The van der Waals surface area contributed by atoms with Crippen LogP contribution in [0.4, 0.5) is 19.0 Å². The Bertz CT molecular complexity index is 2000. The molecule has 0 aliphatic heterocycles. The molecule has 0 spiro atoms. The molecule has 4 aromatic rings. The Morgan fingerprint density at radius 3 is 2.45 bits per heavy atom. The van der Waals surface area contributed by atoms with Crippen molar-refractivity contribution in [1.82, 2.24) is 15.1 Å². The van der Waals surface area contributed by atoms with Gasteiger partial charge in [-0.25, -0.2) is 18.4 Å². The molecule has 2 unspecified atom stereocenters. The van der Waals surface area contributed by atoms with Crippen LogP contribution in [0.5, 0.6) is 5.75 Å². The highest BCUT2D eigenvalue weighted by atomic mass is 32.2. The number of fused-ring (bicyclic) bond motifs is 3. The fourth-order valence-corrected chi connectivity index (χ4v) is 9.18. The zero-order valence-corrected chi connectivity index (χ0v) is 27.3. The highest BCUT2D eigenvalue weighted by Crippen LogP contribution is 2.48. The summed E-state index contributed by atoms with van der Waals surface area (Å²) < 4.78 is 80.9. The quantitative estimate of drug-likeness (QED) is 0.154. The number of para-hydroxylation sites is 2. The minimum atomic E-state index is -4.84. The summed E-state index contributed by atoms with van der Waals surface area (Å²) in [6, 6.07) is 11.2. The van der Waals surface area contributed by atoms with E-state index in [1.807, 2.05) is 0 Å². The maximum Gasteiger partial charge on any atom is 0.573 e. The summed E-state index contributed by atoms with van der Waals surface area (Å²) in [5.74, 6) is 0.738. The van der Waals surface area contributed by atoms with E-state index in [2.05, 4.69) is 20.2 Å². The fourth-order valence-electron chi connectivity index (χ4n) is 7.57. The molecule has 4 saturated carbocycles. The number of aromatic nitrogens is 3. The third kappa shape index (κ3) is 6.77. The number of sulfone groups is 1. The van der Waals surface area contributed by atoms with Crippen molar-refractivity contribution < 1.29 is 40.4 Å². The molecule has 14 heteroatoms. The molecule has 8 rings (SSSR count). The van der Waals surface area contributed by atoms with Crippen molar-refractivity contribution in [2.24, 2.45) is 11.8 Å². The first-order valence-electron chi connectivity index (χ1n) is 16.7. The molecule has 2 atom stereocenters. The maximum absolute atomic E-state index is 13.2. The topological polar surface area (TPSA) is 134 Å². The van der Waals surface area contributed by atoms with Crippen molar-refractivity contribution in [2.75, 3.05) is 11.1 Å². The predicted octanol–water partition coefficient (Wildman–Crippen LogP) is 7.01. The van der Waals surface area contributed by atoms with Crippen molar-refractivity contribution in [1.29, 1.82) is 0 Å². The van der Waals surface area contributed by atoms with E-state index >= 15 is 0 Å². The molecular formula is C35H35F3N4O6S. The largest absolute Gasteiger partial charge is 0.573 e. The number of carbonyl (C=O) groups is 1. The number of halogens is 3. The Morgan fingerprint density at radius 2 is 1.73 bits per heavy atom. The van der Waals surface area contributed by atoms with Gasteiger partial charge in [0, 0.05) is 28.7 Å². The average molecular weight is 697 g/mol. The zero-order chi connectivity index (χ0) is 33.9. The third-order valence-electron chi connectivity index (χ3n) is 10.2. The van der Waals surface area contributed by atoms with Crippen LogP contribution in [0.25, 0.3) is 22.3 Å². The fraction of sp³-hybridized carbons (Fsp3) is 0.486. The van der Waals surface area contributed by atoms with Crippen molar-refractivity contribution in [3.63, 3.8) is 0 Å². The molecule has 49 heavy (non-hydrogen) atoms. The van der Waals surface area contributed by atoms with Crippen LogP contribution in [-0.2, 0) is 21.2 Å². The van der Waals surface area contributed by atoms with Crippen LogP contribution >= 0.6 is 0 Å². The van der Waals surface area contributed by atoms with Crippen LogP contribution in [0.3, 0.4) is 0 Å². The zero-order valence-electron chi connectivity index (χ0n) is 26.5. The lowest BCUT2D eigenvalue weighted by Crippen LogP contribution is -2.39. The molecule has 0 radical (unpaired) electrons. The second-order valence-corrected chi connectivity index (χ2v) is 16.0. The number of anilines is 1. The van der Waals surface area contributed by atoms with Gasteiger partial charge in [-0.1, -0.05) is 23.4 Å². The van der Waals surface area contributed by atoms with Crippen molar-refractivity contribution in [3.05, 3.63) is 65.5 Å². The summed E-state index contributed by atoms with van der Waals surface area (Å²) in [5.41, 5.74) is 2.35. The summed E-state index contributed by atoms with van der Waals surface area (Å²) in [7, 11) is -3.45. The van der Waals surface area contributed by atoms with Gasteiger partial charge in [0.15, 0.2) is 15.6 Å². The van der Waals surface area contributed by atoms with Gasteiger partial charge in [-0.2, -0.15) is 0 Å². The standard InChI is InChI=1S/C35H35F3N4O6S/c36-35(37,38)47-29-7-2-1-4-25(29)32-26(34(48-42-32)19-8-9-19)17-46-22-14-20-10-11-21(15-22)31(20)41-30-16-39-33-24(5-3-6-27(33)40-30)28(43)18-49(44,45)23-12-13-23/h1-7,16,19-23,31H,8-15,17-18H2,(H,40,41). The lowest BCUT2D eigenvalue weighted by atomic mass is 9.82. The van der Waals surface area contributed by atoms with Gasteiger partial charge in [0.05, 0.1) is 35.2 Å². The summed E-state index contributed by atoms with van der Waals surface area (Å²) in [6.45, 7) is 0.173. The smallest absolute Gasteiger partial charge is 0.405 e. The summed E-state index contributed by atoms with van der Waals surface area (Å²) >= 11 is 0. The van der Waals surface area contributed by atoms with E-state index in [4.69, 9.17) is 14.2 Å². The second-order valence-electron chi connectivity index (χ2n) is 13.7. The highest BCUT2D eigenvalue weighted by Gasteiger charge is 2.44. The summed E-state index contributed by atoms with van der Waals surface area (Å²) in [4.78, 5) is 22.2. The van der Waals surface area contributed by atoms with E-state index in [-0.39, 0.29) is 41.5 Å². The van der Waals surface area contributed by atoms with E-state index in [9.17, 15) is 26.4 Å². The number of alkyl halides is 3. The minimum absolute atomic E-state index is 0.0461. The number of Topliss-reactive ketones (excluding diaryl/α,β-unsaturated/α-hetero) is 1. The summed E-state index contributed by atoms with van der Waals surface area (Å²) in [5, 5.41) is 7.37. The molecule has 4 aliphatic carbocycles. The summed E-state index contributed by atoms with van der Waals surface area (Å²) in [6.07, 6.45) is 3.44. The third-order valence-corrected chi connectivity index (χ3v) is 12.4. The molecule has 10 nitrogen and oxygen atoms in total. The molecule has 2 heterocycles. The van der Waals surface area contributed by atoms with Crippen LogP contribution in [0.1, 0.15) is 79.0 Å². The van der Waals surface area contributed by atoms with Crippen LogP contribution in [0.2, 0.25) is 0 Å². The van der Waals surface area contributed by atoms with E-state index in [0.29, 0.717) is 58.5 Å². The van der Waals surface area contributed by atoms with Crippen LogP contribution < -0.4 is 10.1 Å². The molecule has 0 amide bonds. The van der Waals surface area contributed by atoms with E-state index in [1.54, 1.807) is 36.5 Å². The first-order chi connectivity index (χ1) is 23.5. The molecule has 2 aromatic carbocycles. The number of rotatable bonds is 12. The molecule has 2 aromatic heterocycles. The van der Waals surface area contributed by atoms with Gasteiger partial charge in [-0.15, -0.1) is 13.2 Å². The Hall–Kier alpha value is -4.04. The lowest BCUT2D eigenvalue weighted by molar-refractivity contribution is -0.274. The molecule has 4 fully saturated rings. The van der Waals surface area contributed by atoms with Crippen molar-refractivity contribution in [2.45, 2.75) is 87.6 Å². The van der Waals surface area contributed by atoms with Gasteiger partial charge in [-0.05, 0) is 87.5 Å². The number of ether oxygens (including phenoxy) is 2. The average Bonchev–Trinajstić information content (AvgIpc) is 3.99. The first kappa shape index (κ1) is 32.2. The van der Waals surface area contributed by atoms with Gasteiger partial charge in [0.2, 0.25) is 0 Å². The van der Waals surface area contributed by atoms with Gasteiger partial charge in [0.25, 0.3) is 0 Å². The molecule has 2 bridgehead atoms. The highest BCUT2D eigenvalue weighted by molar-refractivity contribution is 7.93. The van der Waals surface area contributed by atoms with Gasteiger partial charge >= 0.3 is 6.36 Å². The maximum atomic E-state index is 13.2. The molecule has 258 valence electrons. The van der Waals surface area contributed by atoms with Crippen LogP contribution in [-0.4, -0.2) is 58.8 Å². The Kier molecular flexibility index (Phi) is 8.13. The Labute approximate surface area is 280 Å². The first-order valence-corrected chi connectivity index (χ1v) is 18.5. The van der Waals surface area contributed by atoms with E-state index < -0.39 is 33.0 Å². The molecule has 0 saturated heterocycles. The minimum Gasteiger partial charge on any atom is -0.405 e. The lowest BCUT2D eigenvalue weighted by Gasteiger charge is -2.36. The van der Waals surface area contributed by atoms with Gasteiger partial charge in [0.1, 0.15) is 28.8 Å². The second kappa shape index (κ2) is 12.4. The van der Waals surface area contributed by atoms with Gasteiger partial charge in [-0.3, -0.25) is 4.79 Å². The Morgan fingerprint density at radius 1 is 0.980 bits per heavy atom. The molecular weight excluding hydrogens is 661 g/mol. The SMILES string of the molecule is O=C(CS(=O)(=O)C1CC1)c1cccc2nc(NC3C4CCC3CC(OCc3c(-c5ccccc5OC(F)(F)F)noc3C3CC3)C4)cnc12. The Balaban J connectivity index is 0.946. The monoisotopic (exact) mass is 696 g/mol. The van der Waals surface area contributed by atoms with Crippen LogP contribution in [0.15, 0.2) is 53.2 Å². The van der Waals surface area contributed by atoms with E-state index in [0.717, 1.165) is 38.5 Å². The van der Waals surface area contributed by atoms with Crippen molar-refractivity contribution in [3.8, 4) is 17.0 Å². The number of nitrogens with one attached hydrogen (secondary N) is 1. The normalized spacial score (nSPS) is 23.9. The number of ketones is 1. The number of hydrogen-bond acceptors (Lipinski definition) is 10. The van der Waals surface area contributed by atoms with Crippen molar-refractivity contribution >= 4 is 32.5 Å². The molecule has 1 N–H and O–H groups in total. The molecule has 4 aliphatic rings. The number of benzene rings is 2. The van der Waals surface area contributed by atoms with Gasteiger partial charge < -0.3 is 19.3 Å². The number of nitrogens with zero attached hydrogens (tertiary/aromatic N) is 3. The predicted molar refractivity (Wildman–Crippen MR) is 173 cm³/mol. The number of carbonyl (C=O) groups excluding carboxylic acids is 1. The number of hydrogen-bond donors (Lipinski definition) is 1. The van der Waals surface area contributed by atoms with Crippen LogP contribution in [0, 0.1) is 11.8 Å².